The average Bonchev–Trinajstić information content (AvgIpc) is 2.37. The third kappa shape index (κ3) is 3.44. The molecule has 0 bridgehead atoms. The molecule has 5 heteroatoms. The number of hydrogen-bond acceptors (Lipinski definition) is 5. The molecule has 0 radical (unpaired) electrons. The lowest BCUT2D eigenvalue weighted by molar-refractivity contribution is 0.222. The summed E-state index contributed by atoms with van der Waals surface area (Å²) >= 11 is 0. The van der Waals surface area contributed by atoms with Crippen LogP contribution in [0.5, 0.6) is 6.01 Å². The van der Waals surface area contributed by atoms with Crippen molar-refractivity contribution >= 4 is 5.95 Å². The van der Waals surface area contributed by atoms with Gasteiger partial charge in [-0.2, -0.15) is 15.0 Å². The molecule has 2 N–H and O–H groups in total. The maximum atomic E-state index is 5.71. The zero-order valence-corrected chi connectivity index (χ0v) is 12.3. The molecule has 0 unspecified atom stereocenters. The van der Waals surface area contributed by atoms with Crippen molar-refractivity contribution in [2.45, 2.75) is 39.7 Å². The summed E-state index contributed by atoms with van der Waals surface area (Å²) in [5.74, 6) is 1.19. The van der Waals surface area contributed by atoms with E-state index in [0.29, 0.717) is 11.7 Å². The molecule has 106 valence electrons. The summed E-state index contributed by atoms with van der Waals surface area (Å²) in [5.41, 5.74) is 7.88. The summed E-state index contributed by atoms with van der Waals surface area (Å²) in [4.78, 5) is 12.4. The van der Waals surface area contributed by atoms with E-state index in [9.17, 15) is 0 Å². The Morgan fingerprint density at radius 2 is 1.60 bits per heavy atom. The van der Waals surface area contributed by atoms with Crippen molar-refractivity contribution in [1.82, 2.24) is 15.0 Å². The minimum Gasteiger partial charge on any atom is -0.461 e. The van der Waals surface area contributed by atoms with Crippen molar-refractivity contribution < 1.29 is 4.74 Å². The highest BCUT2D eigenvalue weighted by molar-refractivity contribution is 5.56. The van der Waals surface area contributed by atoms with Gasteiger partial charge in [-0.1, -0.05) is 38.1 Å². The van der Waals surface area contributed by atoms with Crippen LogP contribution in [0.25, 0.3) is 11.4 Å². The van der Waals surface area contributed by atoms with E-state index in [1.807, 2.05) is 26.0 Å². The second kappa shape index (κ2) is 5.86. The van der Waals surface area contributed by atoms with Crippen LogP contribution in [0.1, 0.15) is 39.2 Å². The molecule has 5 nitrogen and oxygen atoms in total. The first-order valence-corrected chi connectivity index (χ1v) is 6.74. The number of nitrogens with zero attached hydrogens (tertiary/aromatic N) is 3. The van der Waals surface area contributed by atoms with Gasteiger partial charge in [0.2, 0.25) is 5.95 Å². The first kappa shape index (κ1) is 14.2. The summed E-state index contributed by atoms with van der Waals surface area (Å²) in [6.45, 7) is 8.14. The predicted octanol–water partition coefficient (Wildman–Crippen LogP) is 3.03. The molecule has 0 saturated heterocycles. The molecule has 1 aromatic heterocycles. The molecule has 0 atom stereocenters. The van der Waals surface area contributed by atoms with E-state index >= 15 is 0 Å². The van der Waals surface area contributed by atoms with Crippen LogP contribution in [0, 0.1) is 0 Å². The summed E-state index contributed by atoms with van der Waals surface area (Å²) in [6.07, 6.45) is -0.00651. The van der Waals surface area contributed by atoms with Crippen molar-refractivity contribution in [2.24, 2.45) is 0 Å². The lowest BCUT2D eigenvalue weighted by Gasteiger charge is -2.10. The molecule has 0 spiro atoms. The van der Waals surface area contributed by atoms with Crippen LogP contribution in [-0.4, -0.2) is 21.1 Å². The Morgan fingerprint density at radius 1 is 0.950 bits per heavy atom. The summed E-state index contributed by atoms with van der Waals surface area (Å²) in [7, 11) is 0. The van der Waals surface area contributed by atoms with Crippen LogP contribution in [0.4, 0.5) is 5.95 Å². The van der Waals surface area contributed by atoms with E-state index in [1.165, 1.54) is 5.56 Å². The lowest BCUT2D eigenvalue weighted by atomic mass is 10.0. The Hall–Kier alpha value is -2.17. The van der Waals surface area contributed by atoms with Gasteiger partial charge in [0.15, 0.2) is 5.82 Å². The number of benzene rings is 1. The highest BCUT2D eigenvalue weighted by atomic mass is 16.5. The van der Waals surface area contributed by atoms with Crippen molar-refractivity contribution in [2.75, 3.05) is 5.73 Å². The molecule has 0 amide bonds. The Bertz CT molecular complexity index is 579. The fourth-order valence-electron chi connectivity index (χ4n) is 1.78. The molecular formula is C15H20N4O. The first-order valence-electron chi connectivity index (χ1n) is 6.74. The second-order valence-electron chi connectivity index (χ2n) is 5.24. The first-order chi connectivity index (χ1) is 9.45. The van der Waals surface area contributed by atoms with Gasteiger partial charge in [-0.3, -0.25) is 0 Å². The van der Waals surface area contributed by atoms with E-state index in [-0.39, 0.29) is 18.1 Å². The summed E-state index contributed by atoms with van der Waals surface area (Å²) in [5, 5.41) is 0. The molecule has 0 aliphatic carbocycles. The van der Waals surface area contributed by atoms with Gasteiger partial charge in [-0.15, -0.1) is 0 Å². The number of nitrogens with two attached hydrogens (primary N) is 1. The standard InChI is InChI=1S/C15H20N4O/c1-9(2)11-5-7-12(8-6-11)13-17-14(16)19-15(18-13)20-10(3)4/h5-10H,1-4H3,(H2,16,17,18,19). The predicted molar refractivity (Wildman–Crippen MR) is 79.5 cm³/mol. The van der Waals surface area contributed by atoms with Gasteiger partial charge in [0.1, 0.15) is 0 Å². The monoisotopic (exact) mass is 272 g/mol. The van der Waals surface area contributed by atoms with E-state index in [1.54, 1.807) is 0 Å². The molecule has 0 aliphatic heterocycles. The number of hydrogen-bond donors (Lipinski definition) is 1. The van der Waals surface area contributed by atoms with Gasteiger partial charge in [-0.05, 0) is 25.3 Å². The van der Waals surface area contributed by atoms with Gasteiger partial charge >= 0.3 is 6.01 Å². The summed E-state index contributed by atoms with van der Waals surface area (Å²) in [6, 6.07) is 8.38. The molecule has 2 aromatic rings. The molecule has 0 fully saturated rings. The number of ether oxygens (including phenoxy) is 1. The van der Waals surface area contributed by atoms with Crippen LogP contribution in [0.15, 0.2) is 24.3 Å². The molecule has 1 heterocycles. The number of rotatable bonds is 4. The maximum absolute atomic E-state index is 5.71. The highest BCUT2D eigenvalue weighted by Gasteiger charge is 2.09. The number of aromatic nitrogens is 3. The molecule has 1 aromatic carbocycles. The van der Waals surface area contributed by atoms with Crippen LogP contribution in [0.2, 0.25) is 0 Å². The van der Waals surface area contributed by atoms with Crippen molar-refractivity contribution in [3.8, 4) is 17.4 Å². The Kier molecular flexibility index (Phi) is 4.17. The fraction of sp³-hybridized carbons (Fsp3) is 0.400. The Morgan fingerprint density at radius 3 is 2.15 bits per heavy atom. The molecule has 0 saturated carbocycles. The SMILES string of the molecule is CC(C)Oc1nc(N)nc(-c2ccc(C(C)C)cc2)n1. The van der Waals surface area contributed by atoms with Gasteiger partial charge < -0.3 is 10.5 Å². The smallest absolute Gasteiger partial charge is 0.322 e. The minimum atomic E-state index is -0.00651. The Labute approximate surface area is 119 Å². The van der Waals surface area contributed by atoms with E-state index in [0.717, 1.165) is 5.56 Å². The molecule has 2 rings (SSSR count). The number of anilines is 1. The van der Waals surface area contributed by atoms with E-state index < -0.39 is 0 Å². The Balaban J connectivity index is 2.34. The third-order valence-corrected chi connectivity index (χ3v) is 2.81. The van der Waals surface area contributed by atoms with Crippen LogP contribution >= 0.6 is 0 Å². The van der Waals surface area contributed by atoms with Crippen molar-refractivity contribution in [1.29, 1.82) is 0 Å². The largest absolute Gasteiger partial charge is 0.461 e. The second-order valence-corrected chi connectivity index (χ2v) is 5.24. The molecular weight excluding hydrogens is 252 g/mol. The topological polar surface area (TPSA) is 73.9 Å². The van der Waals surface area contributed by atoms with Crippen LogP contribution < -0.4 is 10.5 Å². The van der Waals surface area contributed by atoms with Gasteiger partial charge in [-0.25, -0.2) is 0 Å². The molecule has 20 heavy (non-hydrogen) atoms. The summed E-state index contributed by atoms with van der Waals surface area (Å²) < 4.78 is 5.48. The van der Waals surface area contributed by atoms with Crippen molar-refractivity contribution in [3.05, 3.63) is 29.8 Å². The van der Waals surface area contributed by atoms with Crippen LogP contribution in [-0.2, 0) is 0 Å². The minimum absolute atomic E-state index is 0.00651. The highest BCUT2D eigenvalue weighted by Crippen LogP contribution is 2.21. The zero-order valence-electron chi connectivity index (χ0n) is 12.3. The maximum Gasteiger partial charge on any atom is 0.322 e. The zero-order chi connectivity index (χ0) is 14.7. The van der Waals surface area contributed by atoms with Gasteiger partial charge in [0.05, 0.1) is 6.10 Å². The molecule has 0 aliphatic rings. The van der Waals surface area contributed by atoms with Crippen LogP contribution in [0.3, 0.4) is 0 Å². The lowest BCUT2D eigenvalue weighted by Crippen LogP contribution is -2.11. The third-order valence-electron chi connectivity index (χ3n) is 2.81. The van der Waals surface area contributed by atoms with E-state index in [2.05, 4.69) is 40.9 Å². The fourth-order valence-corrected chi connectivity index (χ4v) is 1.78. The van der Waals surface area contributed by atoms with Gasteiger partial charge in [0, 0.05) is 5.56 Å². The normalized spacial score (nSPS) is 11.1. The quantitative estimate of drug-likeness (QED) is 0.926. The average molecular weight is 272 g/mol. The number of nitrogen functional groups attached to an aromatic ring is 1. The van der Waals surface area contributed by atoms with E-state index in [4.69, 9.17) is 10.5 Å². The van der Waals surface area contributed by atoms with Gasteiger partial charge in [0.25, 0.3) is 0 Å². The van der Waals surface area contributed by atoms with Crippen molar-refractivity contribution in [3.63, 3.8) is 0 Å².